The van der Waals surface area contributed by atoms with Gasteiger partial charge in [-0.1, -0.05) is 43.7 Å². The molecule has 1 fully saturated rings. The number of likely N-dealkylation sites (N-methyl/N-ethyl adjacent to an activating group) is 1. The van der Waals surface area contributed by atoms with Gasteiger partial charge in [-0.3, -0.25) is 0 Å². The number of hydrogen-bond donors (Lipinski definition) is 1. The molecule has 0 aromatic carbocycles. The first-order chi connectivity index (χ1) is 8.81. The lowest BCUT2D eigenvalue weighted by molar-refractivity contribution is 0.423. The molecule has 1 aromatic rings. The van der Waals surface area contributed by atoms with E-state index in [1.54, 1.807) is 11.8 Å². The first kappa shape index (κ1) is 13.5. The van der Waals surface area contributed by atoms with Crippen LogP contribution in [0.5, 0.6) is 0 Å². The van der Waals surface area contributed by atoms with Crippen LogP contribution in [0.3, 0.4) is 0 Å². The summed E-state index contributed by atoms with van der Waals surface area (Å²) in [5, 5.41) is 16.3. The summed E-state index contributed by atoms with van der Waals surface area (Å²) in [6, 6.07) is 0.504. The maximum absolute atomic E-state index is 4.13. The zero-order chi connectivity index (χ0) is 12.8. The molecule has 1 aliphatic carbocycles. The van der Waals surface area contributed by atoms with E-state index in [1.807, 2.05) is 4.68 Å². The van der Waals surface area contributed by atoms with Crippen molar-refractivity contribution in [1.82, 2.24) is 25.5 Å². The second kappa shape index (κ2) is 6.89. The standard InChI is InChI=1S/C12H21N5S/c1-3-13-8-10(2)9-18-12-14-15-16-17(12)11-6-4-5-7-11/h11,13H,2-9H2,1H3. The molecule has 5 nitrogen and oxygen atoms in total. The fourth-order valence-corrected chi connectivity index (χ4v) is 3.03. The molecule has 0 radical (unpaired) electrons. The van der Waals surface area contributed by atoms with E-state index in [1.165, 1.54) is 31.3 Å². The van der Waals surface area contributed by atoms with E-state index in [0.717, 1.165) is 24.0 Å². The first-order valence-electron chi connectivity index (χ1n) is 6.59. The van der Waals surface area contributed by atoms with Crippen LogP contribution in [0.2, 0.25) is 0 Å². The Balaban J connectivity index is 1.85. The second-order valence-electron chi connectivity index (χ2n) is 4.66. The molecular formula is C12H21N5S. The summed E-state index contributed by atoms with van der Waals surface area (Å²) in [5.41, 5.74) is 1.18. The number of thioether (sulfide) groups is 1. The number of hydrogen-bond acceptors (Lipinski definition) is 5. The van der Waals surface area contributed by atoms with Crippen molar-refractivity contribution in [3.63, 3.8) is 0 Å². The Hall–Kier alpha value is -0.880. The zero-order valence-corrected chi connectivity index (χ0v) is 11.7. The van der Waals surface area contributed by atoms with Gasteiger partial charge in [0, 0.05) is 12.3 Å². The lowest BCUT2D eigenvalue weighted by Gasteiger charge is -2.11. The van der Waals surface area contributed by atoms with Gasteiger partial charge in [-0.25, -0.2) is 4.68 Å². The van der Waals surface area contributed by atoms with Crippen LogP contribution in [-0.2, 0) is 0 Å². The molecule has 1 aromatic heterocycles. The van der Waals surface area contributed by atoms with Gasteiger partial charge in [0.1, 0.15) is 0 Å². The van der Waals surface area contributed by atoms with E-state index in [2.05, 4.69) is 34.3 Å². The fraction of sp³-hybridized carbons (Fsp3) is 0.750. The van der Waals surface area contributed by atoms with Gasteiger partial charge in [0.2, 0.25) is 5.16 Å². The highest BCUT2D eigenvalue weighted by Gasteiger charge is 2.21. The first-order valence-corrected chi connectivity index (χ1v) is 7.58. The minimum atomic E-state index is 0.504. The van der Waals surface area contributed by atoms with Gasteiger partial charge < -0.3 is 5.32 Å². The van der Waals surface area contributed by atoms with E-state index in [0.29, 0.717) is 6.04 Å². The van der Waals surface area contributed by atoms with Crippen molar-refractivity contribution in [2.24, 2.45) is 0 Å². The number of aromatic nitrogens is 4. The van der Waals surface area contributed by atoms with E-state index in [4.69, 9.17) is 0 Å². The topological polar surface area (TPSA) is 55.6 Å². The summed E-state index contributed by atoms with van der Waals surface area (Å²) in [7, 11) is 0. The molecule has 2 rings (SSSR count). The Morgan fingerprint density at radius 2 is 2.28 bits per heavy atom. The molecule has 18 heavy (non-hydrogen) atoms. The number of nitrogens with one attached hydrogen (secondary N) is 1. The minimum Gasteiger partial charge on any atom is -0.313 e. The molecule has 0 amide bonds. The summed E-state index contributed by atoms with van der Waals surface area (Å²) >= 11 is 1.69. The quantitative estimate of drug-likeness (QED) is 0.605. The normalized spacial score (nSPS) is 16.3. The number of nitrogens with zero attached hydrogens (tertiary/aromatic N) is 4. The van der Waals surface area contributed by atoms with Crippen molar-refractivity contribution in [3.8, 4) is 0 Å². The van der Waals surface area contributed by atoms with Gasteiger partial charge in [-0.05, 0) is 29.8 Å². The SMILES string of the molecule is C=C(CNCC)CSc1nnnn1C1CCCC1. The average molecular weight is 267 g/mol. The molecule has 1 saturated carbocycles. The summed E-state index contributed by atoms with van der Waals surface area (Å²) < 4.78 is 2.00. The van der Waals surface area contributed by atoms with E-state index >= 15 is 0 Å². The summed E-state index contributed by atoms with van der Waals surface area (Å²) in [5.74, 6) is 0.875. The molecule has 0 spiro atoms. The largest absolute Gasteiger partial charge is 0.313 e. The van der Waals surface area contributed by atoms with Gasteiger partial charge >= 0.3 is 0 Å². The Labute approximate surface area is 112 Å². The third-order valence-corrected chi connectivity index (χ3v) is 4.24. The predicted octanol–water partition coefficient (Wildman–Crippen LogP) is 2.05. The van der Waals surface area contributed by atoms with Crippen LogP contribution in [-0.4, -0.2) is 39.0 Å². The Bertz CT molecular complexity index is 384. The third kappa shape index (κ3) is 3.55. The molecule has 100 valence electrons. The smallest absolute Gasteiger partial charge is 0.209 e. The molecule has 6 heteroatoms. The lowest BCUT2D eigenvalue weighted by Crippen LogP contribution is -2.16. The molecule has 1 heterocycles. The van der Waals surface area contributed by atoms with Gasteiger partial charge in [-0.15, -0.1) is 5.10 Å². The van der Waals surface area contributed by atoms with Crippen molar-refractivity contribution >= 4 is 11.8 Å². The molecule has 1 aliphatic rings. The van der Waals surface area contributed by atoms with Crippen molar-refractivity contribution < 1.29 is 0 Å². The van der Waals surface area contributed by atoms with Gasteiger partial charge in [-0.2, -0.15) is 0 Å². The van der Waals surface area contributed by atoms with Crippen molar-refractivity contribution in [2.75, 3.05) is 18.8 Å². The van der Waals surface area contributed by atoms with Crippen LogP contribution in [0.15, 0.2) is 17.3 Å². The average Bonchev–Trinajstić information content (AvgIpc) is 3.03. The Kier molecular flexibility index (Phi) is 5.19. The molecule has 0 unspecified atom stereocenters. The maximum atomic E-state index is 4.13. The Morgan fingerprint density at radius 3 is 3.00 bits per heavy atom. The predicted molar refractivity (Wildman–Crippen MR) is 73.7 cm³/mol. The summed E-state index contributed by atoms with van der Waals surface area (Å²) in [6.07, 6.45) is 5.00. The van der Waals surface area contributed by atoms with Crippen LogP contribution in [0.25, 0.3) is 0 Å². The van der Waals surface area contributed by atoms with E-state index < -0.39 is 0 Å². The zero-order valence-electron chi connectivity index (χ0n) is 10.9. The van der Waals surface area contributed by atoms with Gasteiger partial charge in [0.05, 0.1) is 6.04 Å². The summed E-state index contributed by atoms with van der Waals surface area (Å²) in [6.45, 7) is 8.00. The molecule has 0 saturated heterocycles. The monoisotopic (exact) mass is 267 g/mol. The highest BCUT2D eigenvalue weighted by atomic mass is 32.2. The van der Waals surface area contributed by atoms with Crippen LogP contribution in [0.4, 0.5) is 0 Å². The van der Waals surface area contributed by atoms with E-state index in [9.17, 15) is 0 Å². The van der Waals surface area contributed by atoms with Crippen LogP contribution < -0.4 is 5.32 Å². The van der Waals surface area contributed by atoms with Crippen molar-refractivity contribution in [1.29, 1.82) is 0 Å². The second-order valence-corrected chi connectivity index (χ2v) is 5.61. The van der Waals surface area contributed by atoms with E-state index in [-0.39, 0.29) is 0 Å². The maximum Gasteiger partial charge on any atom is 0.209 e. The third-order valence-electron chi connectivity index (χ3n) is 3.16. The molecule has 0 bridgehead atoms. The van der Waals surface area contributed by atoms with Crippen molar-refractivity contribution in [3.05, 3.63) is 12.2 Å². The fourth-order valence-electron chi connectivity index (χ4n) is 2.18. The van der Waals surface area contributed by atoms with Gasteiger partial charge in [0.15, 0.2) is 0 Å². The van der Waals surface area contributed by atoms with Gasteiger partial charge in [0.25, 0.3) is 0 Å². The highest BCUT2D eigenvalue weighted by molar-refractivity contribution is 7.99. The summed E-state index contributed by atoms with van der Waals surface area (Å²) in [4.78, 5) is 0. The minimum absolute atomic E-state index is 0.504. The number of tetrazole rings is 1. The highest BCUT2D eigenvalue weighted by Crippen LogP contribution is 2.31. The Morgan fingerprint density at radius 1 is 1.50 bits per heavy atom. The number of rotatable bonds is 7. The lowest BCUT2D eigenvalue weighted by atomic mass is 10.3. The van der Waals surface area contributed by atoms with Crippen LogP contribution >= 0.6 is 11.8 Å². The molecule has 1 N–H and O–H groups in total. The van der Waals surface area contributed by atoms with Crippen LogP contribution in [0, 0.1) is 0 Å². The molecular weight excluding hydrogens is 246 g/mol. The van der Waals surface area contributed by atoms with Crippen LogP contribution in [0.1, 0.15) is 38.6 Å². The van der Waals surface area contributed by atoms with Crippen molar-refractivity contribution in [2.45, 2.75) is 43.8 Å². The molecule has 0 atom stereocenters. The molecule has 0 aliphatic heterocycles.